The van der Waals surface area contributed by atoms with Crippen molar-refractivity contribution in [1.29, 1.82) is 0 Å². The van der Waals surface area contributed by atoms with Gasteiger partial charge in [-0.2, -0.15) is 0 Å². The number of phenols is 1. The fraction of sp³-hybridized carbons (Fsp3) is 0.300. The van der Waals surface area contributed by atoms with Crippen LogP contribution in [-0.4, -0.2) is 16.2 Å². The number of hydrogen-bond acceptors (Lipinski definition) is 3. The zero-order valence-corrected chi connectivity index (χ0v) is 8.95. The van der Waals surface area contributed by atoms with Crippen LogP contribution in [0.5, 0.6) is 5.75 Å². The lowest BCUT2D eigenvalue weighted by Gasteiger charge is -2.12. The summed E-state index contributed by atoms with van der Waals surface area (Å²) < 4.78 is 0. The first-order valence-electron chi connectivity index (χ1n) is 4.38. The number of hydrogen-bond donors (Lipinski definition) is 3. The van der Waals surface area contributed by atoms with Gasteiger partial charge in [0.05, 0.1) is 6.42 Å². The van der Waals surface area contributed by atoms with Gasteiger partial charge in [0.25, 0.3) is 0 Å². The zero-order valence-electron chi connectivity index (χ0n) is 8.20. The first-order valence-corrected chi connectivity index (χ1v) is 4.76. The molecule has 4 N–H and O–H groups in total. The normalized spacial score (nSPS) is 12.5. The lowest BCUT2D eigenvalue weighted by Crippen LogP contribution is -2.15. The summed E-state index contributed by atoms with van der Waals surface area (Å²) in [7, 11) is 0. The summed E-state index contributed by atoms with van der Waals surface area (Å²) in [4.78, 5) is 10.4. The number of phenolic OH excluding ortho intramolecular Hbond substituents is 1. The van der Waals surface area contributed by atoms with Crippen molar-refractivity contribution in [1.82, 2.24) is 0 Å². The molecule has 0 aliphatic heterocycles. The summed E-state index contributed by atoms with van der Waals surface area (Å²) in [6.07, 6.45) is -0.196. The first kappa shape index (κ1) is 11.8. The molecule has 15 heavy (non-hydrogen) atoms. The van der Waals surface area contributed by atoms with Crippen LogP contribution in [-0.2, 0) is 4.79 Å². The Kier molecular flexibility index (Phi) is 3.55. The monoisotopic (exact) mass is 229 g/mol. The molecule has 0 aromatic heterocycles. The fourth-order valence-corrected chi connectivity index (χ4v) is 1.43. The number of nitrogens with two attached hydrogens (primary N) is 1. The Morgan fingerprint density at radius 1 is 1.60 bits per heavy atom. The molecule has 0 heterocycles. The highest BCUT2D eigenvalue weighted by atomic mass is 35.5. The van der Waals surface area contributed by atoms with E-state index in [0.717, 1.165) is 0 Å². The van der Waals surface area contributed by atoms with Crippen LogP contribution in [0.2, 0.25) is 5.02 Å². The Morgan fingerprint density at radius 2 is 2.20 bits per heavy atom. The molecule has 0 aliphatic rings. The average Bonchev–Trinajstić information content (AvgIpc) is 2.12. The van der Waals surface area contributed by atoms with Gasteiger partial charge in [-0.15, -0.1) is 0 Å². The number of benzene rings is 1. The third kappa shape index (κ3) is 2.84. The van der Waals surface area contributed by atoms with Crippen molar-refractivity contribution in [2.75, 3.05) is 0 Å². The summed E-state index contributed by atoms with van der Waals surface area (Å²) in [6.45, 7) is 1.67. The molecule has 1 aromatic carbocycles. The van der Waals surface area contributed by atoms with Crippen LogP contribution in [0.15, 0.2) is 12.1 Å². The Labute approximate surface area is 92.3 Å². The second kappa shape index (κ2) is 4.51. The topological polar surface area (TPSA) is 83.5 Å². The van der Waals surface area contributed by atoms with Gasteiger partial charge >= 0.3 is 5.97 Å². The van der Waals surface area contributed by atoms with Crippen molar-refractivity contribution in [3.8, 4) is 5.75 Å². The molecule has 0 bridgehead atoms. The molecule has 0 amide bonds. The minimum atomic E-state index is -0.987. The van der Waals surface area contributed by atoms with Gasteiger partial charge in [0.2, 0.25) is 0 Å². The Morgan fingerprint density at radius 3 is 2.67 bits per heavy atom. The fourth-order valence-electron chi connectivity index (χ4n) is 1.20. The second-order valence-electron chi connectivity index (χ2n) is 3.35. The van der Waals surface area contributed by atoms with Gasteiger partial charge in [0.15, 0.2) is 0 Å². The molecule has 0 fully saturated rings. The minimum Gasteiger partial charge on any atom is -0.508 e. The van der Waals surface area contributed by atoms with Crippen molar-refractivity contribution in [3.05, 3.63) is 28.3 Å². The Balaban J connectivity index is 3.00. The maximum Gasteiger partial charge on any atom is 0.305 e. The largest absolute Gasteiger partial charge is 0.508 e. The summed E-state index contributed by atoms with van der Waals surface area (Å²) in [6, 6.07) is 2.35. The van der Waals surface area contributed by atoms with Crippen LogP contribution in [0.25, 0.3) is 0 Å². The highest BCUT2D eigenvalue weighted by Crippen LogP contribution is 2.29. The summed E-state index contributed by atoms with van der Waals surface area (Å²) in [5, 5.41) is 18.4. The van der Waals surface area contributed by atoms with E-state index in [4.69, 9.17) is 22.4 Å². The maximum atomic E-state index is 10.4. The number of carboxylic acid groups (broad SMARTS) is 1. The van der Waals surface area contributed by atoms with Gasteiger partial charge in [0.1, 0.15) is 5.75 Å². The van der Waals surface area contributed by atoms with Gasteiger partial charge in [-0.25, -0.2) is 0 Å². The summed E-state index contributed by atoms with van der Waals surface area (Å²) in [5.74, 6) is -0.961. The SMILES string of the molecule is Cc1c(O)cc(C(N)CC(=O)O)cc1Cl. The van der Waals surface area contributed by atoms with E-state index in [1.165, 1.54) is 6.07 Å². The van der Waals surface area contributed by atoms with E-state index in [1.807, 2.05) is 0 Å². The van der Waals surface area contributed by atoms with Gasteiger partial charge in [-0.3, -0.25) is 4.79 Å². The number of rotatable bonds is 3. The van der Waals surface area contributed by atoms with Gasteiger partial charge in [0, 0.05) is 16.6 Å². The third-order valence-corrected chi connectivity index (χ3v) is 2.55. The minimum absolute atomic E-state index is 0.0262. The smallest absolute Gasteiger partial charge is 0.305 e. The number of aromatic hydroxyl groups is 1. The van der Waals surface area contributed by atoms with Crippen LogP contribution in [0.3, 0.4) is 0 Å². The molecule has 5 heteroatoms. The van der Waals surface area contributed by atoms with E-state index in [-0.39, 0.29) is 12.2 Å². The van der Waals surface area contributed by atoms with Gasteiger partial charge < -0.3 is 15.9 Å². The van der Waals surface area contributed by atoms with E-state index < -0.39 is 12.0 Å². The molecule has 1 aromatic rings. The molecule has 1 unspecified atom stereocenters. The predicted molar refractivity (Wildman–Crippen MR) is 57.0 cm³/mol. The molecule has 0 saturated carbocycles. The van der Waals surface area contributed by atoms with E-state index in [1.54, 1.807) is 13.0 Å². The van der Waals surface area contributed by atoms with Crippen molar-refractivity contribution >= 4 is 17.6 Å². The van der Waals surface area contributed by atoms with Crippen LogP contribution < -0.4 is 5.73 Å². The predicted octanol–water partition coefficient (Wildman–Crippen LogP) is 1.83. The Hall–Kier alpha value is -1.26. The summed E-state index contributed by atoms with van der Waals surface area (Å²) >= 11 is 5.84. The quantitative estimate of drug-likeness (QED) is 0.738. The molecule has 0 aliphatic carbocycles. The molecule has 0 spiro atoms. The van der Waals surface area contributed by atoms with Crippen LogP contribution >= 0.6 is 11.6 Å². The van der Waals surface area contributed by atoms with Crippen molar-refractivity contribution in [2.24, 2.45) is 5.73 Å². The number of carbonyl (C=O) groups is 1. The van der Waals surface area contributed by atoms with Crippen LogP contribution in [0, 0.1) is 6.92 Å². The number of halogens is 1. The highest BCUT2D eigenvalue weighted by molar-refractivity contribution is 6.31. The second-order valence-corrected chi connectivity index (χ2v) is 3.76. The lowest BCUT2D eigenvalue weighted by molar-refractivity contribution is -0.137. The molecule has 4 nitrogen and oxygen atoms in total. The van der Waals surface area contributed by atoms with Crippen LogP contribution in [0.1, 0.15) is 23.6 Å². The molecule has 0 saturated heterocycles. The number of carboxylic acids is 1. The zero-order chi connectivity index (χ0) is 11.6. The molecule has 1 atom stereocenters. The first-order chi connectivity index (χ1) is 6.91. The lowest BCUT2D eigenvalue weighted by atomic mass is 10.0. The molecule has 0 radical (unpaired) electrons. The molecular formula is C10H12ClNO3. The van der Waals surface area contributed by atoms with Crippen molar-refractivity contribution in [3.63, 3.8) is 0 Å². The van der Waals surface area contributed by atoms with E-state index in [0.29, 0.717) is 16.1 Å². The van der Waals surface area contributed by atoms with Gasteiger partial charge in [-0.05, 0) is 24.6 Å². The van der Waals surface area contributed by atoms with E-state index in [2.05, 4.69) is 0 Å². The molecular weight excluding hydrogens is 218 g/mol. The van der Waals surface area contributed by atoms with E-state index >= 15 is 0 Å². The highest BCUT2D eigenvalue weighted by Gasteiger charge is 2.13. The van der Waals surface area contributed by atoms with Crippen LogP contribution in [0.4, 0.5) is 0 Å². The average molecular weight is 230 g/mol. The third-order valence-electron chi connectivity index (χ3n) is 2.16. The van der Waals surface area contributed by atoms with Crippen molar-refractivity contribution in [2.45, 2.75) is 19.4 Å². The molecule has 1 rings (SSSR count). The number of aliphatic carboxylic acids is 1. The summed E-state index contributed by atoms with van der Waals surface area (Å²) in [5.41, 5.74) is 6.71. The maximum absolute atomic E-state index is 10.4. The Bertz CT molecular complexity index is 369. The van der Waals surface area contributed by atoms with Gasteiger partial charge in [-0.1, -0.05) is 11.6 Å². The van der Waals surface area contributed by atoms with Crippen molar-refractivity contribution < 1.29 is 15.0 Å². The molecule has 82 valence electrons. The standard InChI is InChI=1S/C10H12ClNO3/c1-5-7(11)2-6(3-9(5)13)8(12)4-10(14)15/h2-3,8,13H,4,12H2,1H3,(H,14,15). The van der Waals surface area contributed by atoms with E-state index in [9.17, 15) is 9.90 Å².